The highest BCUT2D eigenvalue weighted by atomic mass is 16.1. The fraction of sp³-hybridized carbons (Fsp3) is 0.333. The van der Waals surface area contributed by atoms with Gasteiger partial charge in [0.25, 0.3) is 5.56 Å². The Kier molecular flexibility index (Phi) is 5.44. The molecule has 0 bridgehead atoms. The van der Waals surface area contributed by atoms with Crippen LogP contribution in [-0.4, -0.2) is 24.1 Å². The Hall–Kier alpha value is -3.54. The Balaban J connectivity index is 1.87. The largest absolute Gasteiger partial charge is 0.293 e. The first-order valence-electron chi connectivity index (χ1n) is 11.8. The first-order valence-corrected chi connectivity index (χ1v) is 11.8. The smallest absolute Gasteiger partial charge is 0.265 e. The van der Waals surface area contributed by atoms with Gasteiger partial charge in [0.05, 0.1) is 11.0 Å². The molecule has 5 rings (SSSR count). The quantitative estimate of drug-likeness (QED) is 0.330. The molecule has 0 N–H and O–H groups in total. The van der Waals surface area contributed by atoms with Crippen molar-refractivity contribution in [2.45, 2.75) is 59.4 Å². The van der Waals surface area contributed by atoms with Crippen molar-refractivity contribution in [3.05, 3.63) is 70.3 Å². The van der Waals surface area contributed by atoms with E-state index in [-0.39, 0.29) is 11.6 Å². The molecule has 5 aromatic rings. The van der Waals surface area contributed by atoms with Gasteiger partial charge in [0.1, 0.15) is 16.7 Å². The van der Waals surface area contributed by atoms with Crippen LogP contribution in [0.1, 0.15) is 57.5 Å². The van der Waals surface area contributed by atoms with Crippen molar-refractivity contribution in [1.29, 1.82) is 0 Å². The normalized spacial score (nSPS) is 12.7. The summed E-state index contributed by atoms with van der Waals surface area (Å²) >= 11 is 0. The Morgan fingerprint density at radius 2 is 1.61 bits per heavy atom. The topological polar surface area (TPSA) is 65.6 Å². The summed E-state index contributed by atoms with van der Waals surface area (Å²) in [6.07, 6.45) is 4.25. The zero-order valence-electron chi connectivity index (χ0n) is 19.7. The van der Waals surface area contributed by atoms with Crippen molar-refractivity contribution >= 4 is 33.2 Å². The van der Waals surface area contributed by atoms with Gasteiger partial charge in [-0.1, -0.05) is 44.5 Å². The summed E-state index contributed by atoms with van der Waals surface area (Å²) in [4.78, 5) is 28.5. The molecule has 0 aliphatic heterocycles. The predicted molar refractivity (Wildman–Crippen MR) is 134 cm³/mol. The van der Waals surface area contributed by atoms with Crippen LogP contribution >= 0.6 is 0 Å². The molecule has 33 heavy (non-hydrogen) atoms. The Morgan fingerprint density at radius 3 is 2.27 bits per heavy atom. The zero-order chi connectivity index (χ0) is 23.1. The molecule has 0 unspecified atom stereocenters. The van der Waals surface area contributed by atoms with E-state index in [9.17, 15) is 4.79 Å². The molecule has 0 aliphatic rings. The number of hydrogen-bond donors (Lipinski definition) is 0. The summed E-state index contributed by atoms with van der Waals surface area (Å²) < 4.78 is 3.78. The molecule has 1 atom stereocenters. The van der Waals surface area contributed by atoms with Crippen molar-refractivity contribution in [1.82, 2.24) is 24.1 Å². The van der Waals surface area contributed by atoms with Gasteiger partial charge < -0.3 is 0 Å². The summed E-state index contributed by atoms with van der Waals surface area (Å²) in [5.74, 6) is 0.704. The van der Waals surface area contributed by atoms with Gasteiger partial charge in [-0.2, -0.15) is 0 Å². The van der Waals surface area contributed by atoms with Crippen LogP contribution in [-0.2, 0) is 6.42 Å². The molecule has 0 radical (unpaired) electrons. The lowest BCUT2D eigenvalue weighted by Gasteiger charge is -2.16. The van der Waals surface area contributed by atoms with Crippen LogP contribution < -0.4 is 5.56 Å². The van der Waals surface area contributed by atoms with Gasteiger partial charge in [-0.15, -0.1) is 0 Å². The highest BCUT2D eigenvalue weighted by Gasteiger charge is 2.23. The predicted octanol–water partition coefficient (Wildman–Crippen LogP) is 5.91. The summed E-state index contributed by atoms with van der Waals surface area (Å²) in [5.41, 5.74) is 5.64. The number of aryl methyl sites for hydroxylation is 2. The first kappa shape index (κ1) is 21.3. The molecule has 6 nitrogen and oxygen atoms in total. The number of hydrogen-bond acceptors (Lipinski definition) is 4. The van der Waals surface area contributed by atoms with Gasteiger partial charge in [0.2, 0.25) is 0 Å². The number of nitrogens with zero attached hydrogens (tertiary/aromatic N) is 5. The molecule has 0 spiro atoms. The van der Waals surface area contributed by atoms with Crippen LogP contribution in [0.25, 0.3) is 38.9 Å². The molecular weight excluding hydrogens is 410 g/mol. The van der Waals surface area contributed by atoms with Gasteiger partial charge in [-0.3, -0.25) is 13.9 Å². The Morgan fingerprint density at radius 1 is 0.909 bits per heavy atom. The second-order valence-corrected chi connectivity index (χ2v) is 8.78. The van der Waals surface area contributed by atoms with Gasteiger partial charge in [0.15, 0.2) is 11.3 Å². The lowest BCUT2D eigenvalue weighted by Crippen LogP contribution is -2.26. The first-order chi connectivity index (χ1) is 16.0. The maximum absolute atomic E-state index is 13.8. The minimum Gasteiger partial charge on any atom is -0.293 e. The third-order valence-electron chi connectivity index (χ3n) is 6.53. The maximum Gasteiger partial charge on any atom is 0.265 e. The van der Waals surface area contributed by atoms with Crippen molar-refractivity contribution in [2.75, 3.05) is 0 Å². The zero-order valence-corrected chi connectivity index (χ0v) is 19.7. The number of unbranched alkanes of at least 4 members (excludes halogenated alkanes) is 1. The minimum absolute atomic E-state index is 0.0547. The van der Waals surface area contributed by atoms with E-state index in [2.05, 4.69) is 45.0 Å². The fourth-order valence-corrected chi connectivity index (χ4v) is 4.55. The van der Waals surface area contributed by atoms with Gasteiger partial charge in [0, 0.05) is 11.7 Å². The summed E-state index contributed by atoms with van der Waals surface area (Å²) in [6, 6.07) is 16.3. The molecule has 0 saturated heterocycles. The molecule has 0 saturated carbocycles. The van der Waals surface area contributed by atoms with E-state index in [4.69, 9.17) is 15.0 Å². The van der Waals surface area contributed by atoms with Crippen LogP contribution in [0.5, 0.6) is 0 Å². The van der Waals surface area contributed by atoms with E-state index in [1.54, 1.807) is 4.57 Å². The summed E-state index contributed by atoms with van der Waals surface area (Å²) in [7, 11) is 0. The molecule has 6 heteroatoms. The molecule has 3 aromatic heterocycles. The Labute approximate surface area is 192 Å². The van der Waals surface area contributed by atoms with Gasteiger partial charge in [-0.05, 0) is 62.9 Å². The second-order valence-electron chi connectivity index (χ2n) is 8.78. The van der Waals surface area contributed by atoms with Crippen molar-refractivity contribution < 1.29 is 0 Å². The number of benzene rings is 2. The van der Waals surface area contributed by atoms with E-state index in [1.807, 2.05) is 35.8 Å². The van der Waals surface area contributed by atoms with Crippen LogP contribution in [0, 0.1) is 6.92 Å². The fourth-order valence-electron chi connectivity index (χ4n) is 4.55. The molecule has 0 amide bonds. The van der Waals surface area contributed by atoms with E-state index in [1.165, 1.54) is 18.4 Å². The monoisotopic (exact) mass is 439 g/mol. The van der Waals surface area contributed by atoms with Crippen LogP contribution in [0.2, 0.25) is 0 Å². The SMILES string of the molecule is CCCCc1ccc(-n2c3nc4ccccc4nc3c3c(=O)n([C@H](C)CC)c(C)nc32)cc1. The highest BCUT2D eigenvalue weighted by Crippen LogP contribution is 2.29. The third-order valence-corrected chi connectivity index (χ3v) is 6.53. The lowest BCUT2D eigenvalue weighted by molar-refractivity contribution is 0.497. The van der Waals surface area contributed by atoms with Crippen molar-refractivity contribution in [2.24, 2.45) is 0 Å². The van der Waals surface area contributed by atoms with E-state index >= 15 is 0 Å². The molecular formula is C27H29N5O. The van der Waals surface area contributed by atoms with E-state index < -0.39 is 0 Å². The van der Waals surface area contributed by atoms with Crippen molar-refractivity contribution in [3.63, 3.8) is 0 Å². The highest BCUT2D eigenvalue weighted by molar-refractivity contribution is 6.05. The van der Waals surface area contributed by atoms with Crippen LogP contribution in [0.3, 0.4) is 0 Å². The molecule has 0 aliphatic carbocycles. The lowest BCUT2D eigenvalue weighted by atomic mass is 10.1. The van der Waals surface area contributed by atoms with Gasteiger partial charge >= 0.3 is 0 Å². The minimum atomic E-state index is -0.0558. The maximum atomic E-state index is 13.8. The molecule has 0 fully saturated rings. The third kappa shape index (κ3) is 3.50. The number of para-hydroxylation sites is 2. The van der Waals surface area contributed by atoms with Gasteiger partial charge in [-0.25, -0.2) is 15.0 Å². The van der Waals surface area contributed by atoms with Crippen LogP contribution in [0.15, 0.2) is 53.3 Å². The number of rotatable bonds is 6. The van der Waals surface area contributed by atoms with E-state index in [0.717, 1.165) is 29.6 Å². The number of aromatic nitrogens is 5. The standard InChI is InChI=1S/C27H29N5O/c1-5-7-10-19-13-15-20(16-14-19)32-25-23(27(33)31(17(3)6-2)18(4)28-25)24-26(32)30-22-12-9-8-11-21(22)29-24/h8-9,11-17H,5-7,10H2,1-4H3/t17-/m1/s1. The summed E-state index contributed by atoms with van der Waals surface area (Å²) in [6.45, 7) is 8.24. The average Bonchev–Trinajstić information content (AvgIpc) is 3.14. The second kappa shape index (κ2) is 8.43. The number of fused-ring (bicyclic) bond motifs is 4. The average molecular weight is 440 g/mol. The van der Waals surface area contributed by atoms with E-state index in [0.29, 0.717) is 28.0 Å². The van der Waals surface area contributed by atoms with Crippen molar-refractivity contribution in [3.8, 4) is 5.69 Å². The molecule has 2 aromatic carbocycles. The Bertz CT molecular complexity index is 1530. The molecule has 168 valence electrons. The molecule has 3 heterocycles. The van der Waals surface area contributed by atoms with Crippen LogP contribution in [0.4, 0.5) is 0 Å². The summed E-state index contributed by atoms with van der Waals surface area (Å²) in [5, 5.41) is 0.532.